The third-order valence-corrected chi connectivity index (χ3v) is 7.46. The summed E-state index contributed by atoms with van der Waals surface area (Å²) in [4.78, 5) is 14.7. The molecule has 8 heteroatoms. The van der Waals surface area contributed by atoms with E-state index in [1.54, 1.807) is 19.1 Å². The molecule has 6 nitrogen and oxygen atoms in total. The van der Waals surface area contributed by atoms with E-state index in [1.807, 2.05) is 4.90 Å². The van der Waals surface area contributed by atoms with E-state index in [-0.39, 0.29) is 35.0 Å². The monoisotopic (exact) mass is 402 g/mol. The molecule has 2 fully saturated rings. The zero-order chi connectivity index (χ0) is 18.2. The van der Waals surface area contributed by atoms with E-state index < -0.39 is 15.8 Å². The maximum absolute atomic E-state index is 12.7. The smallest absolute Gasteiger partial charge is 0.226 e. The third kappa shape index (κ3) is 4.15. The Labute approximate surface area is 161 Å². The number of hydrogen-bond acceptors (Lipinski definition) is 5. The van der Waals surface area contributed by atoms with Gasteiger partial charge in [0.2, 0.25) is 5.91 Å². The third-order valence-electron chi connectivity index (χ3n) is 5.53. The van der Waals surface area contributed by atoms with E-state index in [1.165, 1.54) is 19.2 Å². The largest absolute Gasteiger partial charge is 0.497 e. The van der Waals surface area contributed by atoms with Crippen LogP contribution in [-0.4, -0.2) is 51.2 Å². The van der Waals surface area contributed by atoms with Crippen molar-refractivity contribution < 1.29 is 17.9 Å². The Morgan fingerprint density at radius 2 is 1.92 bits per heavy atom. The van der Waals surface area contributed by atoms with Gasteiger partial charge in [-0.25, -0.2) is 8.42 Å². The summed E-state index contributed by atoms with van der Waals surface area (Å²) in [6.45, 7) is 3.07. The molecule has 0 radical (unpaired) electrons. The van der Waals surface area contributed by atoms with Crippen LogP contribution < -0.4 is 10.5 Å². The summed E-state index contributed by atoms with van der Waals surface area (Å²) < 4.78 is 30.2. The minimum Gasteiger partial charge on any atom is -0.497 e. The molecule has 146 valence electrons. The zero-order valence-corrected chi connectivity index (χ0v) is 16.8. The summed E-state index contributed by atoms with van der Waals surface area (Å²) in [5, 5.41) is 0. The molecule has 1 saturated heterocycles. The number of ether oxygens (including phenoxy) is 1. The van der Waals surface area contributed by atoms with Crippen LogP contribution in [0.2, 0.25) is 0 Å². The van der Waals surface area contributed by atoms with Crippen LogP contribution in [0.1, 0.15) is 19.8 Å². The second kappa shape index (κ2) is 8.15. The number of hydrogen-bond donors (Lipinski definition) is 1. The minimum absolute atomic E-state index is 0. The van der Waals surface area contributed by atoms with Gasteiger partial charge in [0.05, 0.1) is 17.8 Å². The number of carbonyl (C=O) groups excluding carboxylic acids is 1. The highest BCUT2D eigenvalue weighted by molar-refractivity contribution is 7.91. The standard InChI is InChI=1S/C18H26N2O4S.ClH/c1-12(11-25(22,23)15-6-4-14(24-2)5-7-15)18(21)20-9-13-3-8-17(19)16(13)10-20;/h4-7,12-13,16-17H,3,8-11,19H2,1-2H3;1H. The SMILES string of the molecule is COc1ccc(S(=O)(=O)CC(C)C(=O)N2CC3CCC(N)C3C2)cc1.Cl. The number of carbonyl (C=O) groups is 1. The lowest BCUT2D eigenvalue weighted by atomic mass is 9.98. The number of benzene rings is 1. The molecule has 0 bridgehead atoms. The molecular formula is C18H27ClN2O4S. The summed E-state index contributed by atoms with van der Waals surface area (Å²) in [5.41, 5.74) is 6.12. The molecule has 2 aliphatic rings. The van der Waals surface area contributed by atoms with Crippen molar-refractivity contribution in [2.45, 2.75) is 30.7 Å². The van der Waals surface area contributed by atoms with Crippen molar-refractivity contribution >= 4 is 28.2 Å². The van der Waals surface area contributed by atoms with Gasteiger partial charge >= 0.3 is 0 Å². The summed E-state index contributed by atoms with van der Waals surface area (Å²) in [5.74, 6) is 0.610. The molecule has 0 aromatic heterocycles. The van der Waals surface area contributed by atoms with Crippen LogP contribution in [-0.2, 0) is 14.6 Å². The Morgan fingerprint density at radius 3 is 2.50 bits per heavy atom. The van der Waals surface area contributed by atoms with Gasteiger partial charge in [-0.05, 0) is 48.9 Å². The van der Waals surface area contributed by atoms with Crippen molar-refractivity contribution in [2.75, 3.05) is 26.0 Å². The van der Waals surface area contributed by atoms with Gasteiger partial charge in [0.25, 0.3) is 0 Å². The van der Waals surface area contributed by atoms with Gasteiger partial charge in [0.15, 0.2) is 9.84 Å². The Balaban J connectivity index is 0.00000243. The average molecular weight is 403 g/mol. The number of likely N-dealkylation sites (tertiary alicyclic amines) is 1. The van der Waals surface area contributed by atoms with Crippen LogP contribution in [0.3, 0.4) is 0 Å². The molecule has 0 spiro atoms. The molecular weight excluding hydrogens is 376 g/mol. The van der Waals surface area contributed by atoms with Crippen LogP contribution in [0.5, 0.6) is 5.75 Å². The highest BCUT2D eigenvalue weighted by atomic mass is 35.5. The number of amides is 1. The lowest BCUT2D eigenvalue weighted by Gasteiger charge is -2.22. The fourth-order valence-electron chi connectivity index (χ4n) is 4.08. The van der Waals surface area contributed by atoms with Crippen LogP contribution in [0.25, 0.3) is 0 Å². The first-order valence-corrected chi connectivity index (χ1v) is 10.4. The maximum Gasteiger partial charge on any atom is 0.226 e. The van der Waals surface area contributed by atoms with Crippen LogP contribution in [0, 0.1) is 17.8 Å². The van der Waals surface area contributed by atoms with Crippen molar-refractivity contribution in [3.05, 3.63) is 24.3 Å². The first-order valence-electron chi connectivity index (χ1n) is 8.73. The maximum atomic E-state index is 12.7. The van der Waals surface area contributed by atoms with Gasteiger partial charge in [0.1, 0.15) is 5.75 Å². The number of nitrogens with two attached hydrogens (primary N) is 1. The molecule has 1 heterocycles. The molecule has 1 aliphatic heterocycles. The van der Waals surface area contributed by atoms with Gasteiger partial charge in [-0.15, -0.1) is 12.4 Å². The average Bonchev–Trinajstić information content (AvgIpc) is 3.16. The predicted octanol–water partition coefficient (Wildman–Crippen LogP) is 1.72. The van der Waals surface area contributed by atoms with E-state index >= 15 is 0 Å². The Hall–Kier alpha value is -1.31. The molecule has 26 heavy (non-hydrogen) atoms. The predicted molar refractivity (Wildman–Crippen MR) is 102 cm³/mol. The summed E-state index contributed by atoms with van der Waals surface area (Å²) in [6.07, 6.45) is 2.09. The van der Waals surface area contributed by atoms with Gasteiger partial charge in [0, 0.05) is 25.0 Å². The number of rotatable bonds is 5. The van der Waals surface area contributed by atoms with Gasteiger partial charge < -0.3 is 15.4 Å². The topological polar surface area (TPSA) is 89.7 Å². The van der Waals surface area contributed by atoms with Gasteiger partial charge in [-0.2, -0.15) is 0 Å². The number of methoxy groups -OCH3 is 1. The van der Waals surface area contributed by atoms with E-state index in [4.69, 9.17) is 10.5 Å². The molecule has 1 aromatic carbocycles. The van der Waals surface area contributed by atoms with Gasteiger partial charge in [-0.1, -0.05) is 6.92 Å². The van der Waals surface area contributed by atoms with Crippen LogP contribution in [0.4, 0.5) is 0 Å². The Kier molecular flexibility index (Phi) is 6.58. The molecule has 3 rings (SSSR count). The molecule has 4 unspecified atom stereocenters. The second-order valence-corrected chi connectivity index (χ2v) is 9.30. The summed E-state index contributed by atoms with van der Waals surface area (Å²) >= 11 is 0. The molecule has 1 saturated carbocycles. The van der Waals surface area contributed by atoms with Crippen LogP contribution >= 0.6 is 12.4 Å². The quantitative estimate of drug-likeness (QED) is 0.809. The lowest BCUT2D eigenvalue weighted by Crippen LogP contribution is -2.38. The fourth-order valence-corrected chi connectivity index (χ4v) is 5.62. The summed E-state index contributed by atoms with van der Waals surface area (Å²) in [7, 11) is -1.99. The second-order valence-electron chi connectivity index (χ2n) is 7.27. The number of fused-ring (bicyclic) bond motifs is 1. The first kappa shape index (κ1) is 21.0. The summed E-state index contributed by atoms with van der Waals surface area (Å²) in [6, 6.07) is 6.43. The van der Waals surface area contributed by atoms with Crippen molar-refractivity contribution in [1.29, 1.82) is 0 Å². The van der Waals surface area contributed by atoms with Gasteiger partial charge in [-0.3, -0.25) is 4.79 Å². The minimum atomic E-state index is -3.52. The van der Waals surface area contributed by atoms with Crippen molar-refractivity contribution in [1.82, 2.24) is 4.90 Å². The van der Waals surface area contributed by atoms with Crippen LogP contribution in [0.15, 0.2) is 29.2 Å². The van der Waals surface area contributed by atoms with E-state index in [0.717, 1.165) is 12.8 Å². The molecule has 1 amide bonds. The van der Waals surface area contributed by atoms with E-state index in [0.29, 0.717) is 30.7 Å². The highest BCUT2D eigenvalue weighted by Gasteiger charge is 2.43. The Bertz CT molecular complexity index is 738. The normalized spacial score (nSPS) is 26.1. The number of nitrogens with zero attached hydrogens (tertiary/aromatic N) is 1. The molecule has 1 aliphatic carbocycles. The molecule has 2 N–H and O–H groups in total. The first-order chi connectivity index (χ1) is 11.8. The number of halogens is 1. The molecule has 4 atom stereocenters. The zero-order valence-electron chi connectivity index (χ0n) is 15.1. The fraction of sp³-hybridized carbons (Fsp3) is 0.611. The number of sulfone groups is 1. The van der Waals surface area contributed by atoms with Crippen molar-refractivity contribution in [3.8, 4) is 5.75 Å². The van der Waals surface area contributed by atoms with E-state index in [9.17, 15) is 13.2 Å². The van der Waals surface area contributed by atoms with Crippen molar-refractivity contribution in [2.24, 2.45) is 23.5 Å². The van der Waals surface area contributed by atoms with Crippen molar-refractivity contribution in [3.63, 3.8) is 0 Å². The highest BCUT2D eigenvalue weighted by Crippen LogP contribution is 2.37. The molecule has 1 aromatic rings. The van der Waals surface area contributed by atoms with E-state index in [2.05, 4.69) is 0 Å². The Morgan fingerprint density at radius 1 is 1.27 bits per heavy atom. The lowest BCUT2D eigenvalue weighted by molar-refractivity contribution is -0.133.